The van der Waals surface area contributed by atoms with Gasteiger partial charge in [-0.05, 0) is 18.6 Å². The predicted octanol–water partition coefficient (Wildman–Crippen LogP) is 2.29. The van der Waals surface area contributed by atoms with Crippen LogP contribution in [0.15, 0.2) is 28.7 Å². The van der Waals surface area contributed by atoms with Crippen molar-refractivity contribution in [2.24, 2.45) is 5.73 Å². The smallest absolute Gasteiger partial charge is 0.217 e. The first-order valence-electron chi connectivity index (χ1n) is 4.66. The first-order chi connectivity index (χ1) is 7.09. The Morgan fingerprint density at radius 2 is 1.73 bits per heavy atom. The number of rotatable bonds is 5. The Hall–Kier alpha value is -1.16. The lowest BCUT2D eigenvalue weighted by atomic mass is 10.1. The fourth-order valence-electron chi connectivity index (χ4n) is 1.20. The SMILES string of the molecule is NC(=O)CCCC(=O)c1ccc(Br)cc1. The summed E-state index contributed by atoms with van der Waals surface area (Å²) in [6, 6.07) is 7.16. The number of amides is 1. The molecule has 0 aliphatic heterocycles. The van der Waals surface area contributed by atoms with Crippen LogP contribution in [0.4, 0.5) is 0 Å². The molecule has 0 aromatic heterocycles. The van der Waals surface area contributed by atoms with E-state index < -0.39 is 0 Å². The molecule has 1 amide bonds. The van der Waals surface area contributed by atoms with Crippen LogP contribution in [0, 0.1) is 0 Å². The number of carbonyl (C=O) groups is 2. The average Bonchev–Trinajstić information content (AvgIpc) is 2.18. The molecule has 0 bridgehead atoms. The van der Waals surface area contributed by atoms with Crippen molar-refractivity contribution in [2.45, 2.75) is 19.3 Å². The topological polar surface area (TPSA) is 60.2 Å². The normalized spacial score (nSPS) is 9.93. The van der Waals surface area contributed by atoms with Crippen LogP contribution in [0.5, 0.6) is 0 Å². The maximum Gasteiger partial charge on any atom is 0.217 e. The summed E-state index contributed by atoms with van der Waals surface area (Å²) in [5.74, 6) is -0.317. The predicted molar refractivity (Wildman–Crippen MR) is 61.5 cm³/mol. The summed E-state index contributed by atoms with van der Waals surface area (Å²) in [6.07, 6.45) is 1.15. The van der Waals surface area contributed by atoms with Crippen molar-refractivity contribution in [3.05, 3.63) is 34.3 Å². The summed E-state index contributed by atoms with van der Waals surface area (Å²) in [5.41, 5.74) is 5.65. The molecule has 0 fully saturated rings. The van der Waals surface area contributed by atoms with Crippen LogP contribution >= 0.6 is 15.9 Å². The number of Topliss-reactive ketones (excluding diaryl/α,β-unsaturated/α-hetero) is 1. The van der Waals surface area contributed by atoms with Crippen molar-refractivity contribution in [1.82, 2.24) is 0 Å². The minimum Gasteiger partial charge on any atom is -0.370 e. The van der Waals surface area contributed by atoms with Crippen LogP contribution in [-0.2, 0) is 4.79 Å². The molecule has 2 N–H and O–H groups in total. The second kappa shape index (κ2) is 5.66. The van der Waals surface area contributed by atoms with Gasteiger partial charge >= 0.3 is 0 Å². The van der Waals surface area contributed by atoms with Gasteiger partial charge in [0.2, 0.25) is 5.91 Å². The van der Waals surface area contributed by atoms with Crippen LogP contribution in [0.25, 0.3) is 0 Å². The van der Waals surface area contributed by atoms with Crippen LogP contribution < -0.4 is 5.73 Å². The number of hydrogen-bond donors (Lipinski definition) is 1. The molecule has 4 heteroatoms. The Bertz CT molecular complexity index is 359. The third-order valence-electron chi connectivity index (χ3n) is 1.99. The third-order valence-corrected chi connectivity index (χ3v) is 2.52. The second-order valence-electron chi connectivity index (χ2n) is 3.25. The Balaban J connectivity index is 2.47. The van der Waals surface area contributed by atoms with Gasteiger partial charge in [0.1, 0.15) is 0 Å². The number of carbonyl (C=O) groups excluding carboxylic acids is 2. The van der Waals surface area contributed by atoms with Gasteiger partial charge < -0.3 is 5.73 Å². The highest BCUT2D eigenvalue weighted by molar-refractivity contribution is 9.10. The molecular formula is C11H12BrNO2. The van der Waals surface area contributed by atoms with Crippen molar-refractivity contribution in [1.29, 1.82) is 0 Å². The zero-order valence-electron chi connectivity index (χ0n) is 8.20. The maximum absolute atomic E-state index is 11.6. The quantitative estimate of drug-likeness (QED) is 0.834. The molecule has 0 spiro atoms. The summed E-state index contributed by atoms with van der Waals surface area (Å²) < 4.78 is 0.941. The highest BCUT2D eigenvalue weighted by Crippen LogP contribution is 2.12. The molecule has 80 valence electrons. The van der Waals surface area contributed by atoms with Crippen LogP contribution in [0.1, 0.15) is 29.6 Å². The highest BCUT2D eigenvalue weighted by atomic mass is 79.9. The molecule has 1 aromatic rings. The fraction of sp³-hybridized carbons (Fsp3) is 0.273. The van der Waals surface area contributed by atoms with Gasteiger partial charge in [0.05, 0.1) is 0 Å². The van der Waals surface area contributed by atoms with Gasteiger partial charge in [0.25, 0.3) is 0 Å². The Kier molecular flexibility index (Phi) is 4.49. The number of ketones is 1. The van der Waals surface area contributed by atoms with Crippen molar-refractivity contribution < 1.29 is 9.59 Å². The van der Waals surface area contributed by atoms with Crippen LogP contribution in [0.2, 0.25) is 0 Å². The van der Waals surface area contributed by atoms with E-state index in [0.717, 1.165) is 4.47 Å². The van der Waals surface area contributed by atoms with Gasteiger partial charge in [-0.3, -0.25) is 9.59 Å². The first-order valence-corrected chi connectivity index (χ1v) is 5.46. The largest absolute Gasteiger partial charge is 0.370 e. The molecule has 1 aromatic carbocycles. The van der Waals surface area contributed by atoms with Crippen molar-refractivity contribution in [3.63, 3.8) is 0 Å². The minimum absolute atomic E-state index is 0.0451. The van der Waals surface area contributed by atoms with E-state index in [0.29, 0.717) is 18.4 Å². The number of hydrogen-bond acceptors (Lipinski definition) is 2. The summed E-state index contributed by atoms with van der Waals surface area (Å²) in [4.78, 5) is 22.0. The molecule has 3 nitrogen and oxygen atoms in total. The molecular weight excluding hydrogens is 258 g/mol. The number of nitrogens with two attached hydrogens (primary N) is 1. The van der Waals surface area contributed by atoms with E-state index in [9.17, 15) is 9.59 Å². The molecule has 0 saturated heterocycles. The van der Waals surface area contributed by atoms with E-state index in [1.54, 1.807) is 12.1 Å². The Morgan fingerprint density at radius 1 is 1.13 bits per heavy atom. The zero-order valence-corrected chi connectivity index (χ0v) is 9.79. The lowest BCUT2D eigenvalue weighted by molar-refractivity contribution is -0.118. The molecule has 0 atom stereocenters. The van der Waals surface area contributed by atoms with E-state index in [1.807, 2.05) is 12.1 Å². The van der Waals surface area contributed by atoms with Crippen molar-refractivity contribution >= 4 is 27.6 Å². The standard InChI is InChI=1S/C11H12BrNO2/c12-9-6-4-8(5-7-9)10(14)2-1-3-11(13)15/h4-7H,1-3H2,(H2,13,15). The van der Waals surface area contributed by atoms with Crippen LogP contribution in [0.3, 0.4) is 0 Å². The number of primary amides is 1. The van der Waals surface area contributed by atoms with Gasteiger partial charge in [0, 0.05) is 22.9 Å². The van der Waals surface area contributed by atoms with Gasteiger partial charge in [-0.2, -0.15) is 0 Å². The first kappa shape index (κ1) is 11.9. The molecule has 1 rings (SSSR count). The average molecular weight is 270 g/mol. The van der Waals surface area contributed by atoms with E-state index >= 15 is 0 Å². The number of halogens is 1. The summed E-state index contributed by atoms with van der Waals surface area (Å²) in [7, 11) is 0. The van der Waals surface area contributed by atoms with E-state index in [4.69, 9.17) is 5.73 Å². The molecule has 0 aliphatic carbocycles. The Labute approximate surface area is 96.8 Å². The molecule has 15 heavy (non-hydrogen) atoms. The summed E-state index contributed by atoms with van der Waals surface area (Å²) in [6.45, 7) is 0. The lowest BCUT2D eigenvalue weighted by Crippen LogP contribution is -2.10. The summed E-state index contributed by atoms with van der Waals surface area (Å²) >= 11 is 3.29. The van der Waals surface area contributed by atoms with Crippen molar-refractivity contribution in [2.75, 3.05) is 0 Å². The molecule has 0 aliphatic rings. The van der Waals surface area contributed by atoms with E-state index in [2.05, 4.69) is 15.9 Å². The molecule has 0 heterocycles. The number of benzene rings is 1. The monoisotopic (exact) mass is 269 g/mol. The minimum atomic E-state index is -0.362. The van der Waals surface area contributed by atoms with E-state index in [1.165, 1.54) is 0 Å². The summed E-state index contributed by atoms with van der Waals surface area (Å²) in [5, 5.41) is 0. The fourth-order valence-corrected chi connectivity index (χ4v) is 1.47. The van der Waals surface area contributed by atoms with Crippen LogP contribution in [-0.4, -0.2) is 11.7 Å². The van der Waals surface area contributed by atoms with Gasteiger partial charge in [0.15, 0.2) is 5.78 Å². The lowest BCUT2D eigenvalue weighted by Gasteiger charge is -2.00. The highest BCUT2D eigenvalue weighted by Gasteiger charge is 2.05. The zero-order chi connectivity index (χ0) is 11.3. The molecule has 0 unspecified atom stereocenters. The van der Waals surface area contributed by atoms with Crippen molar-refractivity contribution in [3.8, 4) is 0 Å². The molecule has 0 radical (unpaired) electrons. The van der Waals surface area contributed by atoms with E-state index in [-0.39, 0.29) is 18.1 Å². The van der Waals surface area contributed by atoms with Gasteiger partial charge in [-0.25, -0.2) is 0 Å². The third kappa shape index (κ3) is 4.25. The van der Waals surface area contributed by atoms with Gasteiger partial charge in [-0.15, -0.1) is 0 Å². The maximum atomic E-state index is 11.6. The Morgan fingerprint density at radius 3 is 2.27 bits per heavy atom. The second-order valence-corrected chi connectivity index (χ2v) is 4.17. The van der Waals surface area contributed by atoms with Gasteiger partial charge in [-0.1, -0.05) is 28.1 Å². The molecule has 0 saturated carbocycles.